The lowest BCUT2D eigenvalue weighted by Crippen LogP contribution is -2.41. The van der Waals surface area contributed by atoms with Crippen LogP contribution < -0.4 is 4.90 Å². The largest absolute Gasteiger partial charge is 0.388 e. The number of carbonyl (C=O) groups is 1. The lowest BCUT2D eigenvalue weighted by molar-refractivity contribution is -0.123. The van der Waals surface area contributed by atoms with E-state index in [1.54, 1.807) is 9.58 Å². The van der Waals surface area contributed by atoms with E-state index < -0.39 is 0 Å². The molecule has 1 aromatic heterocycles. The predicted molar refractivity (Wildman–Crippen MR) is 125 cm³/mol. The molecule has 0 saturated heterocycles. The number of aliphatic hydroxyl groups excluding tert-OH is 1. The van der Waals surface area contributed by atoms with Crippen LogP contribution in [0.15, 0.2) is 42.5 Å². The molecule has 1 amide bonds. The fourth-order valence-corrected chi connectivity index (χ4v) is 5.57. The van der Waals surface area contributed by atoms with Gasteiger partial charge in [-0.3, -0.25) is 4.79 Å². The molecule has 6 heteroatoms. The summed E-state index contributed by atoms with van der Waals surface area (Å²) in [5.41, 5.74) is 5.26. The number of nitrogens with zero attached hydrogens (tertiary/aromatic N) is 4. The first-order chi connectivity index (χ1) is 15.5. The number of aliphatic hydroxyl groups is 1. The Morgan fingerprint density at radius 3 is 2.50 bits per heavy atom. The van der Waals surface area contributed by atoms with Gasteiger partial charge < -0.3 is 10.0 Å². The summed E-state index contributed by atoms with van der Waals surface area (Å²) < 4.78 is 1.80. The highest BCUT2D eigenvalue weighted by Gasteiger charge is 2.41. The minimum Gasteiger partial charge on any atom is -0.388 e. The maximum atomic E-state index is 13.0. The molecule has 3 aromatic rings. The van der Waals surface area contributed by atoms with Gasteiger partial charge in [0.05, 0.1) is 5.69 Å². The molecule has 5 rings (SSSR count). The molecule has 32 heavy (non-hydrogen) atoms. The van der Waals surface area contributed by atoms with E-state index in [2.05, 4.69) is 30.0 Å². The Kier molecular flexibility index (Phi) is 5.33. The van der Waals surface area contributed by atoms with Crippen LogP contribution >= 0.6 is 0 Å². The Morgan fingerprint density at radius 2 is 1.81 bits per heavy atom. The van der Waals surface area contributed by atoms with Crippen LogP contribution in [0, 0.1) is 18.8 Å². The Hall–Kier alpha value is -2.99. The van der Waals surface area contributed by atoms with Gasteiger partial charge in [-0.1, -0.05) is 37.5 Å². The van der Waals surface area contributed by atoms with Crippen LogP contribution in [0.5, 0.6) is 0 Å². The highest BCUT2D eigenvalue weighted by Crippen LogP contribution is 2.49. The third kappa shape index (κ3) is 3.43. The van der Waals surface area contributed by atoms with Crippen molar-refractivity contribution >= 4 is 11.6 Å². The maximum absolute atomic E-state index is 13.0. The fourth-order valence-electron chi connectivity index (χ4n) is 5.57. The van der Waals surface area contributed by atoms with E-state index in [0.29, 0.717) is 17.6 Å². The van der Waals surface area contributed by atoms with Crippen molar-refractivity contribution in [2.24, 2.45) is 11.8 Å². The molecule has 1 aliphatic heterocycles. The molecule has 1 saturated carbocycles. The number of hydrogen-bond donors (Lipinski definition) is 1. The second kappa shape index (κ2) is 8.17. The summed E-state index contributed by atoms with van der Waals surface area (Å²) >= 11 is 0. The number of hydrogen-bond acceptors (Lipinski definition) is 4. The van der Waals surface area contributed by atoms with Crippen LogP contribution in [-0.2, 0) is 11.4 Å². The summed E-state index contributed by atoms with van der Waals surface area (Å²) in [5, 5.41) is 14.3. The lowest BCUT2D eigenvalue weighted by Gasteiger charge is -2.39. The monoisotopic (exact) mass is 430 g/mol. The van der Waals surface area contributed by atoms with Crippen molar-refractivity contribution in [1.82, 2.24) is 14.8 Å². The van der Waals surface area contributed by atoms with Gasteiger partial charge in [0, 0.05) is 30.1 Å². The van der Waals surface area contributed by atoms with E-state index in [-0.39, 0.29) is 24.3 Å². The van der Waals surface area contributed by atoms with Crippen molar-refractivity contribution in [3.63, 3.8) is 0 Å². The van der Waals surface area contributed by atoms with Gasteiger partial charge in [-0.25, -0.2) is 9.67 Å². The van der Waals surface area contributed by atoms with Crippen molar-refractivity contribution in [2.75, 3.05) is 11.9 Å². The molecule has 166 valence electrons. The zero-order valence-corrected chi connectivity index (χ0v) is 19.0. The summed E-state index contributed by atoms with van der Waals surface area (Å²) in [4.78, 5) is 19.4. The number of amides is 1. The molecule has 2 atom stereocenters. The van der Waals surface area contributed by atoms with Gasteiger partial charge in [-0.05, 0) is 61.6 Å². The molecule has 2 aromatic carbocycles. The first-order valence-electron chi connectivity index (χ1n) is 11.5. The van der Waals surface area contributed by atoms with Crippen LogP contribution in [0.4, 0.5) is 5.69 Å². The molecule has 1 fully saturated rings. The summed E-state index contributed by atoms with van der Waals surface area (Å²) in [6, 6.07) is 14.4. The third-order valence-corrected chi connectivity index (χ3v) is 7.24. The number of aromatic nitrogens is 3. The Morgan fingerprint density at radius 1 is 1.09 bits per heavy atom. The fraction of sp³-hybridized carbons (Fsp3) is 0.423. The van der Waals surface area contributed by atoms with Crippen LogP contribution in [0.25, 0.3) is 17.1 Å². The van der Waals surface area contributed by atoms with Gasteiger partial charge in [0.25, 0.3) is 0 Å². The van der Waals surface area contributed by atoms with Gasteiger partial charge in [-0.15, -0.1) is 5.10 Å². The molecular weight excluding hydrogens is 400 g/mol. The minimum atomic E-state index is -0.213. The van der Waals surface area contributed by atoms with E-state index >= 15 is 0 Å². The third-order valence-electron chi connectivity index (χ3n) is 7.24. The second-order valence-electron chi connectivity index (χ2n) is 9.29. The van der Waals surface area contributed by atoms with E-state index in [4.69, 9.17) is 0 Å². The predicted octanol–water partition coefficient (Wildman–Crippen LogP) is 4.62. The number of anilines is 1. The molecular formula is C26H30N4O2. The van der Waals surface area contributed by atoms with Gasteiger partial charge in [-0.2, -0.15) is 0 Å². The second-order valence-corrected chi connectivity index (χ2v) is 9.29. The van der Waals surface area contributed by atoms with Gasteiger partial charge in [0.2, 0.25) is 5.91 Å². The first kappa shape index (κ1) is 20.9. The quantitative estimate of drug-likeness (QED) is 0.656. The maximum Gasteiger partial charge on any atom is 0.230 e. The number of carbonyl (C=O) groups excluding carboxylic acids is 1. The smallest absolute Gasteiger partial charge is 0.230 e. The average Bonchev–Trinajstić information content (AvgIpc) is 3.48. The molecule has 1 unspecified atom stereocenters. The molecule has 0 radical (unpaired) electrons. The first-order valence-corrected chi connectivity index (χ1v) is 11.5. The Labute approximate surface area is 188 Å². The molecule has 1 aliphatic carbocycles. The van der Waals surface area contributed by atoms with E-state index in [9.17, 15) is 9.90 Å². The number of fused-ring (bicyclic) bond motifs is 1. The highest BCUT2D eigenvalue weighted by atomic mass is 16.3. The number of benzene rings is 2. The van der Waals surface area contributed by atoms with E-state index in [1.165, 1.54) is 36.8 Å². The molecule has 2 heterocycles. The molecule has 0 bridgehead atoms. The van der Waals surface area contributed by atoms with Crippen LogP contribution in [0.1, 0.15) is 55.5 Å². The topological polar surface area (TPSA) is 71.2 Å². The lowest BCUT2D eigenvalue weighted by atomic mass is 9.73. The average molecular weight is 431 g/mol. The standard InChI is InChI=1S/C26H30N4O2/c1-16-8-11-20(12-9-16)30-25(27-23(15-31)28-30)19-10-13-22-21(14-19)24(18-6-4-5-7-18)17(2)26(32)29(22)3/h8-14,17-18,24,31H,4-7,15H2,1-3H3/t17-,24?/m0/s1. The van der Waals surface area contributed by atoms with Gasteiger partial charge in [0.1, 0.15) is 6.61 Å². The van der Waals surface area contributed by atoms with Crippen LogP contribution in [-0.4, -0.2) is 32.8 Å². The van der Waals surface area contributed by atoms with E-state index in [1.807, 2.05) is 43.4 Å². The molecule has 1 N–H and O–H groups in total. The van der Waals surface area contributed by atoms with Crippen molar-refractivity contribution < 1.29 is 9.90 Å². The Balaban J connectivity index is 1.64. The Bertz CT molecular complexity index is 1150. The zero-order valence-electron chi connectivity index (χ0n) is 19.0. The summed E-state index contributed by atoms with van der Waals surface area (Å²) in [6.45, 7) is 3.92. The van der Waals surface area contributed by atoms with Crippen LogP contribution in [0.3, 0.4) is 0 Å². The van der Waals surface area contributed by atoms with Crippen molar-refractivity contribution in [3.05, 3.63) is 59.4 Å². The number of rotatable bonds is 4. The van der Waals surface area contributed by atoms with E-state index in [0.717, 1.165) is 16.9 Å². The SMILES string of the molecule is Cc1ccc(-n2nc(CO)nc2-c2ccc3c(c2)C(C2CCCC2)[C@H](C)C(=O)N3C)cc1. The zero-order chi connectivity index (χ0) is 22.4. The van der Waals surface area contributed by atoms with Crippen molar-refractivity contribution in [3.8, 4) is 17.1 Å². The van der Waals surface area contributed by atoms with Crippen molar-refractivity contribution in [2.45, 2.75) is 52.1 Å². The highest BCUT2D eigenvalue weighted by molar-refractivity contribution is 5.98. The molecule has 2 aliphatic rings. The normalized spacial score (nSPS) is 21.2. The minimum absolute atomic E-state index is 0.0335. The molecule has 6 nitrogen and oxygen atoms in total. The summed E-state index contributed by atoms with van der Waals surface area (Å²) in [6.07, 6.45) is 4.86. The summed E-state index contributed by atoms with van der Waals surface area (Å²) in [7, 11) is 1.88. The summed E-state index contributed by atoms with van der Waals surface area (Å²) in [5.74, 6) is 2.04. The number of aryl methyl sites for hydroxylation is 1. The molecule has 0 spiro atoms. The van der Waals surface area contributed by atoms with Crippen molar-refractivity contribution in [1.29, 1.82) is 0 Å². The van der Waals surface area contributed by atoms with Gasteiger partial charge in [0.15, 0.2) is 11.6 Å². The van der Waals surface area contributed by atoms with Gasteiger partial charge >= 0.3 is 0 Å². The van der Waals surface area contributed by atoms with Crippen LogP contribution in [0.2, 0.25) is 0 Å².